The highest BCUT2D eigenvalue weighted by atomic mass is 35.5. The average Bonchev–Trinajstić information content (AvgIpc) is 2.17. The molecule has 0 bridgehead atoms. The molecule has 0 radical (unpaired) electrons. The topological polar surface area (TPSA) is 21.3 Å². The zero-order chi connectivity index (χ0) is 12.2. The molecule has 90 valence electrons. The van der Waals surface area contributed by atoms with Gasteiger partial charge in [-0.2, -0.15) is 0 Å². The Balaban J connectivity index is 2.79. The molecular weight excluding hydrogens is 222 g/mol. The van der Waals surface area contributed by atoms with Crippen LogP contribution in [0.5, 0.6) is 5.75 Å². The lowest BCUT2D eigenvalue weighted by Crippen LogP contribution is -2.19. The van der Waals surface area contributed by atoms with E-state index in [0.29, 0.717) is 6.61 Å². The van der Waals surface area contributed by atoms with Crippen LogP contribution in [0.15, 0.2) is 18.2 Å². The normalized spacial score (nSPS) is 11.3. The SMILES string of the molecule is CCOc1ccc(Cl)cc1NCC(C)(C)C. The van der Waals surface area contributed by atoms with Crippen molar-refractivity contribution < 1.29 is 4.74 Å². The molecule has 0 saturated heterocycles. The Morgan fingerprint density at radius 3 is 2.56 bits per heavy atom. The molecule has 0 amide bonds. The van der Waals surface area contributed by atoms with Gasteiger partial charge >= 0.3 is 0 Å². The van der Waals surface area contributed by atoms with Crippen molar-refractivity contribution in [2.75, 3.05) is 18.5 Å². The third kappa shape index (κ3) is 4.31. The molecule has 0 saturated carbocycles. The zero-order valence-corrected chi connectivity index (χ0v) is 11.2. The van der Waals surface area contributed by atoms with E-state index in [1.54, 1.807) is 0 Å². The molecule has 1 aromatic carbocycles. The monoisotopic (exact) mass is 241 g/mol. The van der Waals surface area contributed by atoms with Crippen molar-refractivity contribution in [3.63, 3.8) is 0 Å². The lowest BCUT2D eigenvalue weighted by molar-refractivity contribution is 0.341. The molecule has 2 nitrogen and oxygen atoms in total. The van der Waals surface area contributed by atoms with E-state index in [2.05, 4.69) is 26.1 Å². The van der Waals surface area contributed by atoms with Crippen molar-refractivity contribution in [3.8, 4) is 5.75 Å². The third-order valence-electron chi connectivity index (χ3n) is 2.05. The second-order valence-electron chi connectivity index (χ2n) is 4.99. The van der Waals surface area contributed by atoms with Gasteiger partial charge in [0.25, 0.3) is 0 Å². The van der Waals surface area contributed by atoms with Crippen molar-refractivity contribution in [1.82, 2.24) is 0 Å². The van der Waals surface area contributed by atoms with E-state index in [-0.39, 0.29) is 5.41 Å². The number of halogens is 1. The fourth-order valence-electron chi connectivity index (χ4n) is 1.28. The maximum Gasteiger partial charge on any atom is 0.142 e. The fraction of sp³-hybridized carbons (Fsp3) is 0.538. The standard InChI is InChI=1S/C13H20ClNO/c1-5-16-12-7-6-10(14)8-11(12)15-9-13(2,3)4/h6-8,15H,5,9H2,1-4H3. The Labute approximate surface area is 103 Å². The molecule has 0 heterocycles. The smallest absolute Gasteiger partial charge is 0.142 e. The van der Waals surface area contributed by atoms with Crippen molar-refractivity contribution in [2.45, 2.75) is 27.7 Å². The number of anilines is 1. The van der Waals surface area contributed by atoms with Gasteiger partial charge in [-0.1, -0.05) is 32.4 Å². The molecule has 0 aliphatic carbocycles. The second-order valence-corrected chi connectivity index (χ2v) is 5.42. The average molecular weight is 242 g/mol. The summed E-state index contributed by atoms with van der Waals surface area (Å²) < 4.78 is 5.54. The lowest BCUT2D eigenvalue weighted by Gasteiger charge is -2.21. The lowest BCUT2D eigenvalue weighted by atomic mass is 9.97. The van der Waals surface area contributed by atoms with Gasteiger partial charge < -0.3 is 10.1 Å². The van der Waals surface area contributed by atoms with E-state index in [9.17, 15) is 0 Å². The molecule has 16 heavy (non-hydrogen) atoms. The molecule has 0 aromatic heterocycles. The van der Waals surface area contributed by atoms with Crippen molar-refractivity contribution >= 4 is 17.3 Å². The van der Waals surface area contributed by atoms with Crippen LogP contribution in [0.3, 0.4) is 0 Å². The highest BCUT2D eigenvalue weighted by Gasteiger charge is 2.11. The van der Waals surface area contributed by atoms with Gasteiger partial charge in [0.2, 0.25) is 0 Å². The molecule has 3 heteroatoms. The van der Waals surface area contributed by atoms with E-state index in [0.717, 1.165) is 23.0 Å². The Kier molecular flexibility index (Phi) is 4.48. The molecule has 0 spiro atoms. The zero-order valence-electron chi connectivity index (χ0n) is 10.4. The minimum atomic E-state index is 0.228. The molecule has 0 aliphatic heterocycles. The highest BCUT2D eigenvalue weighted by Crippen LogP contribution is 2.29. The molecular formula is C13H20ClNO. The van der Waals surface area contributed by atoms with Crippen LogP contribution < -0.4 is 10.1 Å². The van der Waals surface area contributed by atoms with Gasteiger partial charge in [0.05, 0.1) is 12.3 Å². The number of nitrogens with one attached hydrogen (secondary N) is 1. The van der Waals surface area contributed by atoms with Crippen LogP contribution in [0, 0.1) is 5.41 Å². The number of ether oxygens (including phenoxy) is 1. The molecule has 1 aromatic rings. The Hall–Kier alpha value is -0.890. The summed E-state index contributed by atoms with van der Waals surface area (Å²) in [7, 11) is 0. The van der Waals surface area contributed by atoms with E-state index >= 15 is 0 Å². The first-order chi connectivity index (χ1) is 7.42. The van der Waals surface area contributed by atoms with E-state index in [4.69, 9.17) is 16.3 Å². The summed E-state index contributed by atoms with van der Waals surface area (Å²) in [5.74, 6) is 0.858. The fourth-order valence-corrected chi connectivity index (χ4v) is 1.45. The minimum Gasteiger partial charge on any atom is -0.492 e. The largest absolute Gasteiger partial charge is 0.492 e. The predicted octanol–water partition coefficient (Wildman–Crippen LogP) is 4.20. The van der Waals surface area contributed by atoms with Crippen LogP contribution in [0.4, 0.5) is 5.69 Å². The van der Waals surface area contributed by atoms with E-state index < -0.39 is 0 Å². The van der Waals surface area contributed by atoms with Crippen LogP contribution in [-0.4, -0.2) is 13.2 Å². The van der Waals surface area contributed by atoms with Gasteiger partial charge in [-0.15, -0.1) is 0 Å². The number of hydrogen-bond acceptors (Lipinski definition) is 2. The van der Waals surface area contributed by atoms with E-state index in [1.165, 1.54) is 0 Å². The first-order valence-corrected chi connectivity index (χ1v) is 5.96. The summed E-state index contributed by atoms with van der Waals surface area (Å²) in [4.78, 5) is 0. The summed E-state index contributed by atoms with van der Waals surface area (Å²) in [6.07, 6.45) is 0. The van der Waals surface area contributed by atoms with Crippen LogP contribution in [-0.2, 0) is 0 Å². The van der Waals surface area contributed by atoms with Crippen LogP contribution in [0.2, 0.25) is 5.02 Å². The van der Waals surface area contributed by atoms with Crippen molar-refractivity contribution in [1.29, 1.82) is 0 Å². The summed E-state index contributed by atoms with van der Waals surface area (Å²) >= 11 is 5.97. The third-order valence-corrected chi connectivity index (χ3v) is 2.29. The molecule has 0 fully saturated rings. The van der Waals surface area contributed by atoms with Crippen LogP contribution >= 0.6 is 11.6 Å². The van der Waals surface area contributed by atoms with Crippen molar-refractivity contribution in [2.24, 2.45) is 5.41 Å². The summed E-state index contributed by atoms with van der Waals surface area (Å²) in [5.41, 5.74) is 1.19. The number of hydrogen-bond donors (Lipinski definition) is 1. The molecule has 1 N–H and O–H groups in total. The Morgan fingerprint density at radius 1 is 1.31 bits per heavy atom. The number of rotatable bonds is 4. The van der Waals surface area contributed by atoms with Gasteiger partial charge in [-0.25, -0.2) is 0 Å². The van der Waals surface area contributed by atoms with Crippen LogP contribution in [0.1, 0.15) is 27.7 Å². The second kappa shape index (κ2) is 5.44. The Morgan fingerprint density at radius 2 is 2.00 bits per heavy atom. The highest BCUT2D eigenvalue weighted by molar-refractivity contribution is 6.30. The van der Waals surface area contributed by atoms with Gasteiger partial charge in [-0.3, -0.25) is 0 Å². The molecule has 0 aliphatic rings. The van der Waals surface area contributed by atoms with Crippen LogP contribution in [0.25, 0.3) is 0 Å². The summed E-state index contributed by atoms with van der Waals surface area (Å²) in [5, 5.41) is 4.09. The molecule has 1 rings (SSSR count). The van der Waals surface area contributed by atoms with Gasteiger partial charge in [-0.05, 0) is 30.5 Å². The summed E-state index contributed by atoms with van der Waals surface area (Å²) in [6, 6.07) is 5.64. The van der Waals surface area contributed by atoms with E-state index in [1.807, 2.05) is 25.1 Å². The predicted molar refractivity (Wildman–Crippen MR) is 70.6 cm³/mol. The maximum absolute atomic E-state index is 5.97. The van der Waals surface area contributed by atoms with Gasteiger partial charge in [0, 0.05) is 11.6 Å². The molecule has 0 unspecified atom stereocenters. The van der Waals surface area contributed by atoms with Gasteiger partial charge in [0.1, 0.15) is 5.75 Å². The Bertz CT molecular complexity index is 344. The van der Waals surface area contributed by atoms with Crippen molar-refractivity contribution in [3.05, 3.63) is 23.2 Å². The summed E-state index contributed by atoms with van der Waals surface area (Å²) in [6.45, 7) is 10.1. The maximum atomic E-state index is 5.97. The quantitative estimate of drug-likeness (QED) is 0.853. The molecule has 0 atom stereocenters. The first-order valence-electron chi connectivity index (χ1n) is 5.58. The van der Waals surface area contributed by atoms with Gasteiger partial charge in [0.15, 0.2) is 0 Å². The minimum absolute atomic E-state index is 0.228. The first kappa shape index (κ1) is 13.2. The number of benzene rings is 1.